The van der Waals surface area contributed by atoms with Gasteiger partial charge in [0.1, 0.15) is 0 Å². The van der Waals surface area contributed by atoms with Crippen molar-refractivity contribution < 1.29 is 4.79 Å². The molecule has 0 N–H and O–H groups in total. The molecule has 0 spiro atoms. The van der Waals surface area contributed by atoms with Crippen molar-refractivity contribution in [3.63, 3.8) is 0 Å². The van der Waals surface area contributed by atoms with E-state index in [0.29, 0.717) is 0 Å². The maximum Gasteiger partial charge on any atom is 0.150 e. The fraction of sp³-hybridized carbons (Fsp3) is 0.0625. The highest BCUT2D eigenvalue weighted by atomic mass is 16.1. The molecule has 0 fully saturated rings. The Bertz CT molecular complexity index is 523. The van der Waals surface area contributed by atoms with E-state index >= 15 is 0 Å². The minimum Gasteiger partial charge on any atom is -0.298 e. The van der Waals surface area contributed by atoms with Gasteiger partial charge in [-0.1, -0.05) is 54.6 Å². The van der Waals surface area contributed by atoms with Crippen LogP contribution in [0.15, 0.2) is 61.2 Å². The Morgan fingerprint density at radius 1 is 1.00 bits per heavy atom. The summed E-state index contributed by atoms with van der Waals surface area (Å²) in [6, 6.07) is 15.8. The van der Waals surface area contributed by atoms with Crippen LogP contribution in [0.3, 0.4) is 0 Å². The molecule has 2 rings (SSSR count). The van der Waals surface area contributed by atoms with Gasteiger partial charge in [-0.3, -0.25) is 4.79 Å². The number of benzene rings is 2. The first kappa shape index (κ1) is 11.3. The largest absolute Gasteiger partial charge is 0.298 e. The highest BCUT2D eigenvalue weighted by Crippen LogP contribution is 2.23. The normalized spacial score (nSPS) is 9.88. The molecular weight excluding hydrogens is 208 g/mol. The fourth-order valence-corrected chi connectivity index (χ4v) is 1.85. The highest BCUT2D eigenvalue weighted by Gasteiger charge is 2.02. The Hall–Kier alpha value is -2.15. The van der Waals surface area contributed by atoms with Gasteiger partial charge in [0, 0.05) is 5.56 Å². The summed E-state index contributed by atoms with van der Waals surface area (Å²) in [5.41, 5.74) is 4.00. The molecule has 0 aliphatic rings. The van der Waals surface area contributed by atoms with E-state index in [-0.39, 0.29) is 0 Å². The van der Waals surface area contributed by atoms with Crippen molar-refractivity contribution in [2.24, 2.45) is 0 Å². The summed E-state index contributed by atoms with van der Waals surface area (Å²) >= 11 is 0. The Morgan fingerprint density at radius 3 is 2.35 bits per heavy atom. The standard InChI is InChI=1S/C16H14O/c1-2-5-13-8-10-14(11-9-13)16-7-4-3-6-15(16)12-17/h2-4,6-12H,1,5H2. The molecule has 0 aliphatic carbocycles. The molecule has 0 saturated carbocycles. The van der Waals surface area contributed by atoms with Crippen molar-refractivity contribution in [2.75, 3.05) is 0 Å². The predicted octanol–water partition coefficient (Wildman–Crippen LogP) is 3.89. The molecular formula is C16H14O. The Morgan fingerprint density at radius 2 is 1.71 bits per heavy atom. The lowest BCUT2D eigenvalue weighted by Crippen LogP contribution is -1.87. The van der Waals surface area contributed by atoms with Crippen molar-refractivity contribution in [3.8, 4) is 11.1 Å². The summed E-state index contributed by atoms with van der Waals surface area (Å²) in [6.45, 7) is 3.72. The molecule has 17 heavy (non-hydrogen) atoms. The zero-order valence-electron chi connectivity index (χ0n) is 9.60. The second-order valence-corrected chi connectivity index (χ2v) is 3.89. The van der Waals surface area contributed by atoms with Crippen LogP contribution >= 0.6 is 0 Å². The third-order valence-corrected chi connectivity index (χ3v) is 2.73. The molecule has 2 aromatic carbocycles. The Labute approximate surface area is 101 Å². The van der Waals surface area contributed by atoms with Gasteiger partial charge in [0.15, 0.2) is 6.29 Å². The lowest BCUT2D eigenvalue weighted by atomic mass is 9.99. The number of hydrogen-bond donors (Lipinski definition) is 0. The smallest absolute Gasteiger partial charge is 0.150 e. The van der Waals surface area contributed by atoms with Crippen molar-refractivity contribution in [2.45, 2.75) is 6.42 Å². The summed E-state index contributed by atoms with van der Waals surface area (Å²) in [6.07, 6.45) is 3.65. The zero-order valence-corrected chi connectivity index (χ0v) is 9.60. The zero-order chi connectivity index (χ0) is 12.1. The van der Waals surface area contributed by atoms with Gasteiger partial charge < -0.3 is 0 Å². The molecule has 0 radical (unpaired) electrons. The van der Waals surface area contributed by atoms with Gasteiger partial charge in [-0.15, -0.1) is 6.58 Å². The van der Waals surface area contributed by atoms with E-state index in [2.05, 4.69) is 18.7 Å². The van der Waals surface area contributed by atoms with E-state index in [4.69, 9.17) is 0 Å². The quantitative estimate of drug-likeness (QED) is 0.566. The molecule has 0 amide bonds. The lowest BCUT2D eigenvalue weighted by Gasteiger charge is -2.05. The van der Waals surface area contributed by atoms with Crippen LogP contribution in [-0.2, 0) is 6.42 Å². The first-order valence-electron chi connectivity index (χ1n) is 5.59. The van der Waals surface area contributed by atoms with Crippen molar-refractivity contribution in [1.82, 2.24) is 0 Å². The maximum atomic E-state index is 11.0. The second-order valence-electron chi connectivity index (χ2n) is 3.89. The predicted molar refractivity (Wildman–Crippen MR) is 71.2 cm³/mol. The molecule has 0 unspecified atom stereocenters. The Balaban J connectivity index is 2.39. The van der Waals surface area contributed by atoms with E-state index in [1.165, 1.54) is 5.56 Å². The van der Waals surface area contributed by atoms with Crippen molar-refractivity contribution in [3.05, 3.63) is 72.3 Å². The van der Waals surface area contributed by atoms with Crippen LogP contribution < -0.4 is 0 Å². The number of rotatable bonds is 4. The minimum atomic E-state index is 0.726. The molecule has 0 atom stereocenters. The summed E-state index contributed by atoms with van der Waals surface area (Å²) < 4.78 is 0. The monoisotopic (exact) mass is 222 g/mol. The van der Waals surface area contributed by atoms with Crippen LogP contribution in [0.2, 0.25) is 0 Å². The molecule has 0 aromatic heterocycles. The molecule has 0 saturated heterocycles. The molecule has 84 valence electrons. The summed E-state index contributed by atoms with van der Waals surface area (Å²) in [4.78, 5) is 11.0. The maximum absolute atomic E-state index is 11.0. The van der Waals surface area contributed by atoms with Gasteiger partial charge in [0.2, 0.25) is 0 Å². The van der Waals surface area contributed by atoms with E-state index in [0.717, 1.165) is 29.4 Å². The number of carbonyl (C=O) groups is 1. The molecule has 0 bridgehead atoms. The first-order valence-corrected chi connectivity index (χ1v) is 5.59. The van der Waals surface area contributed by atoms with Crippen LogP contribution in [0.5, 0.6) is 0 Å². The lowest BCUT2D eigenvalue weighted by molar-refractivity contribution is 0.112. The third kappa shape index (κ3) is 2.51. The van der Waals surface area contributed by atoms with E-state index in [1.807, 2.05) is 42.5 Å². The van der Waals surface area contributed by atoms with Gasteiger partial charge in [0.05, 0.1) is 0 Å². The summed E-state index contributed by atoms with van der Waals surface area (Å²) in [5, 5.41) is 0. The summed E-state index contributed by atoms with van der Waals surface area (Å²) in [5.74, 6) is 0. The molecule has 1 heteroatoms. The molecule has 2 aromatic rings. The average molecular weight is 222 g/mol. The molecule has 1 nitrogen and oxygen atoms in total. The first-order chi connectivity index (χ1) is 8.35. The number of aldehydes is 1. The second kappa shape index (κ2) is 5.26. The number of allylic oxidation sites excluding steroid dienone is 1. The van der Waals surface area contributed by atoms with Crippen LogP contribution in [0, 0.1) is 0 Å². The van der Waals surface area contributed by atoms with Crippen LogP contribution in [0.25, 0.3) is 11.1 Å². The topological polar surface area (TPSA) is 17.1 Å². The summed E-state index contributed by atoms with van der Waals surface area (Å²) in [7, 11) is 0. The number of carbonyl (C=O) groups excluding carboxylic acids is 1. The Kier molecular flexibility index (Phi) is 3.51. The third-order valence-electron chi connectivity index (χ3n) is 2.73. The van der Waals surface area contributed by atoms with E-state index in [9.17, 15) is 4.79 Å². The van der Waals surface area contributed by atoms with Gasteiger partial charge >= 0.3 is 0 Å². The minimum absolute atomic E-state index is 0.726. The van der Waals surface area contributed by atoms with Gasteiger partial charge in [-0.25, -0.2) is 0 Å². The average Bonchev–Trinajstić information content (AvgIpc) is 2.40. The van der Waals surface area contributed by atoms with E-state index < -0.39 is 0 Å². The van der Waals surface area contributed by atoms with Gasteiger partial charge in [-0.2, -0.15) is 0 Å². The highest BCUT2D eigenvalue weighted by molar-refractivity contribution is 5.87. The van der Waals surface area contributed by atoms with Crippen LogP contribution in [-0.4, -0.2) is 6.29 Å². The van der Waals surface area contributed by atoms with Crippen molar-refractivity contribution >= 4 is 6.29 Å². The van der Waals surface area contributed by atoms with Gasteiger partial charge in [-0.05, 0) is 23.1 Å². The van der Waals surface area contributed by atoms with Crippen LogP contribution in [0.4, 0.5) is 0 Å². The molecule has 0 aliphatic heterocycles. The fourth-order valence-electron chi connectivity index (χ4n) is 1.85. The number of hydrogen-bond acceptors (Lipinski definition) is 1. The van der Waals surface area contributed by atoms with Crippen molar-refractivity contribution in [1.29, 1.82) is 0 Å². The van der Waals surface area contributed by atoms with E-state index in [1.54, 1.807) is 0 Å². The molecule has 0 heterocycles. The van der Waals surface area contributed by atoms with Gasteiger partial charge in [0.25, 0.3) is 0 Å². The SMILES string of the molecule is C=CCc1ccc(-c2ccccc2C=O)cc1. The van der Waals surface area contributed by atoms with Crippen LogP contribution in [0.1, 0.15) is 15.9 Å².